The summed E-state index contributed by atoms with van der Waals surface area (Å²) in [5.74, 6) is 4.72. The molecular formula is C18H22BrN3O4. The summed E-state index contributed by atoms with van der Waals surface area (Å²) in [6.07, 6.45) is 1.40. The van der Waals surface area contributed by atoms with Crippen molar-refractivity contribution in [1.82, 2.24) is 4.90 Å². The number of carbonyl (C=O) groups is 1. The molecular weight excluding hydrogens is 402 g/mol. The molecule has 0 bridgehead atoms. The summed E-state index contributed by atoms with van der Waals surface area (Å²) in [6.45, 7) is 0.385. The molecule has 4 N–H and O–H groups in total. The van der Waals surface area contributed by atoms with Crippen LogP contribution in [-0.4, -0.2) is 48.0 Å². The second kappa shape index (κ2) is 11.1. The van der Waals surface area contributed by atoms with Gasteiger partial charge in [0.15, 0.2) is 6.61 Å². The zero-order chi connectivity index (χ0) is 19.5. The number of phenolic OH excluding ortho intramolecular Hbond substituents is 1. The largest absolute Gasteiger partial charge is 0.507 e. The molecule has 7 nitrogen and oxygen atoms in total. The normalized spacial score (nSPS) is 10.5. The number of para-hydroxylation sites is 1. The Kier molecular flexibility index (Phi) is 9.18. The molecule has 0 radical (unpaired) electrons. The minimum absolute atomic E-state index is 0.191. The number of rotatable bonds is 6. The molecule has 0 atom stereocenters. The lowest BCUT2D eigenvalue weighted by atomic mass is 10.2. The summed E-state index contributed by atoms with van der Waals surface area (Å²) in [5, 5.41) is 20.9. The van der Waals surface area contributed by atoms with Crippen LogP contribution in [0.3, 0.4) is 0 Å². The molecule has 140 valence electrons. The van der Waals surface area contributed by atoms with Crippen LogP contribution in [0.25, 0.3) is 0 Å². The van der Waals surface area contributed by atoms with Gasteiger partial charge in [0.1, 0.15) is 11.5 Å². The number of halogens is 1. The highest BCUT2D eigenvalue weighted by atomic mass is 79.9. The molecule has 0 fully saturated rings. The zero-order valence-electron chi connectivity index (χ0n) is 14.6. The number of benzene rings is 2. The maximum Gasteiger partial charge on any atom is 0.341 e. The van der Waals surface area contributed by atoms with Gasteiger partial charge < -0.3 is 25.7 Å². The summed E-state index contributed by atoms with van der Waals surface area (Å²) >= 11 is 3.38. The molecule has 0 aliphatic rings. The fourth-order valence-electron chi connectivity index (χ4n) is 1.97. The molecule has 8 heteroatoms. The van der Waals surface area contributed by atoms with Gasteiger partial charge in [0.05, 0.1) is 6.21 Å². The monoisotopic (exact) mass is 423 g/mol. The SMILES string of the molecule is CN(C)Cc1cc(Br)ccc1OCC(=O)O.N/N=C/c1ccccc1O. The van der Waals surface area contributed by atoms with E-state index in [4.69, 9.17) is 20.8 Å². The summed E-state index contributed by atoms with van der Waals surface area (Å²) in [4.78, 5) is 12.4. The van der Waals surface area contributed by atoms with Crippen LogP contribution in [0.15, 0.2) is 52.0 Å². The van der Waals surface area contributed by atoms with Gasteiger partial charge in [0, 0.05) is 22.1 Å². The average Bonchev–Trinajstić information content (AvgIpc) is 2.56. The third kappa shape index (κ3) is 8.00. The minimum Gasteiger partial charge on any atom is -0.507 e. The van der Waals surface area contributed by atoms with Gasteiger partial charge in [-0.1, -0.05) is 28.1 Å². The average molecular weight is 424 g/mol. The van der Waals surface area contributed by atoms with Crippen molar-refractivity contribution in [3.8, 4) is 11.5 Å². The molecule has 0 aliphatic carbocycles. The van der Waals surface area contributed by atoms with E-state index in [-0.39, 0.29) is 12.4 Å². The number of nitrogens with zero attached hydrogens (tertiary/aromatic N) is 2. The van der Waals surface area contributed by atoms with Crippen molar-refractivity contribution < 1.29 is 19.7 Å². The lowest BCUT2D eigenvalue weighted by Gasteiger charge is -2.14. The summed E-state index contributed by atoms with van der Waals surface area (Å²) in [5.41, 5.74) is 1.59. The van der Waals surface area contributed by atoms with Crippen molar-refractivity contribution in [3.63, 3.8) is 0 Å². The fourth-order valence-corrected chi connectivity index (χ4v) is 2.38. The summed E-state index contributed by atoms with van der Waals surface area (Å²) < 4.78 is 6.16. The van der Waals surface area contributed by atoms with Gasteiger partial charge in [-0.2, -0.15) is 5.10 Å². The first-order valence-electron chi connectivity index (χ1n) is 7.62. The highest BCUT2D eigenvalue weighted by molar-refractivity contribution is 9.10. The fraction of sp³-hybridized carbons (Fsp3) is 0.222. The van der Waals surface area contributed by atoms with Crippen LogP contribution >= 0.6 is 15.9 Å². The van der Waals surface area contributed by atoms with Crippen LogP contribution in [0, 0.1) is 0 Å². The predicted molar refractivity (Wildman–Crippen MR) is 105 cm³/mol. The van der Waals surface area contributed by atoms with Crippen molar-refractivity contribution in [3.05, 3.63) is 58.1 Å². The molecule has 0 aliphatic heterocycles. The van der Waals surface area contributed by atoms with Crippen LogP contribution in [0.1, 0.15) is 11.1 Å². The standard InChI is InChI=1S/C11H14BrNO3.C7H8N2O/c1-13(2)6-8-5-9(12)3-4-10(8)16-7-11(14)15;8-9-5-6-3-1-2-4-7(6)10/h3-5H,6-7H2,1-2H3,(H,14,15);1-5,10H,8H2/b;9-5+. The number of carboxylic acids is 1. The molecule has 2 aromatic rings. The Balaban J connectivity index is 0.000000289. The molecule has 0 spiro atoms. The van der Waals surface area contributed by atoms with Crippen LogP contribution in [0.5, 0.6) is 11.5 Å². The highest BCUT2D eigenvalue weighted by Gasteiger charge is 2.07. The first-order chi connectivity index (χ1) is 12.3. The Bertz CT molecular complexity index is 751. The second-order valence-corrected chi connectivity index (χ2v) is 6.42. The molecule has 0 saturated carbocycles. The van der Waals surface area contributed by atoms with E-state index in [0.717, 1.165) is 10.0 Å². The topological polar surface area (TPSA) is 108 Å². The van der Waals surface area contributed by atoms with Crippen molar-refractivity contribution in [2.75, 3.05) is 20.7 Å². The van der Waals surface area contributed by atoms with Crippen LogP contribution < -0.4 is 10.6 Å². The Morgan fingerprint density at radius 2 is 2.00 bits per heavy atom. The third-order valence-corrected chi connectivity index (χ3v) is 3.50. The molecule has 2 aromatic carbocycles. The van der Waals surface area contributed by atoms with Crippen LogP contribution in [-0.2, 0) is 11.3 Å². The van der Waals surface area contributed by atoms with E-state index in [2.05, 4.69) is 21.0 Å². The van der Waals surface area contributed by atoms with Gasteiger partial charge in [-0.25, -0.2) is 4.79 Å². The van der Waals surface area contributed by atoms with Crippen LogP contribution in [0.2, 0.25) is 0 Å². The number of aliphatic carboxylic acids is 1. The molecule has 0 amide bonds. The molecule has 26 heavy (non-hydrogen) atoms. The zero-order valence-corrected chi connectivity index (χ0v) is 16.2. The van der Waals surface area contributed by atoms with Gasteiger partial charge in [0.25, 0.3) is 0 Å². The molecule has 0 unspecified atom stereocenters. The Hall–Kier alpha value is -2.58. The summed E-state index contributed by atoms with van der Waals surface area (Å²) in [6, 6.07) is 12.4. The number of hydrogen-bond acceptors (Lipinski definition) is 6. The Morgan fingerprint density at radius 3 is 2.58 bits per heavy atom. The second-order valence-electron chi connectivity index (χ2n) is 5.51. The number of nitrogens with two attached hydrogens (primary N) is 1. The Morgan fingerprint density at radius 1 is 1.31 bits per heavy atom. The van der Waals surface area contributed by atoms with E-state index in [1.54, 1.807) is 30.3 Å². The van der Waals surface area contributed by atoms with Gasteiger partial charge in [0.2, 0.25) is 0 Å². The minimum atomic E-state index is -0.973. The van der Waals surface area contributed by atoms with Crippen molar-refractivity contribution in [1.29, 1.82) is 0 Å². The molecule has 0 heterocycles. The van der Waals surface area contributed by atoms with E-state index < -0.39 is 5.97 Å². The van der Waals surface area contributed by atoms with Gasteiger partial charge in [-0.3, -0.25) is 0 Å². The van der Waals surface area contributed by atoms with Crippen LogP contribution in [0.4, 0.5) is 0 Å². The third-order valence-electron chi connectivity index (χ3n) is 3.01. The lowest BCUT2D eigenvalue weighted by Crippen LogP contribution is -2.14. The smallest absolute Gasteiger partial charge is 0.341 e. The molecule has 0 aromatic heterocycles. The van der Waals surface area contributed by atoms with Crippen molar-refractivity contribution in [2.24, 2.45) is 10.9 Å². The lowest BCUT2D eigenvalue weighted by molar-refractivity contribution is -0.139. The maximum atomic E-state index is 10.4. The van der Waals surface area contributed by atoms with E-state index in [1.165, 1.54) is 6.21 Å². The van der Waals surface area contributed by atoms with Gasteiger partial charge in [-0.15, -0.1) is 0 Å². The number of ether oxygens (including phenoxy) is 1. The summed E-state index contributed by atoms with van der Waals surface area (Å²) in [7, 11) is 3.89. The quantitative estimate of drug-likeness (QED) is 0.374. The maximum absolute atomic E-state index is 10.4. The molecule has 0 saturated heterocycles. The van der Waals surface area contributed by atoms with Crippen molar-refractivity contribution >= 4 is 28.1 Å². The number of hydrogen-bond donors (Lipinski definition) is 3. The first-order valence-corrected chi connectivity index (χ1v) is 8.41. The van der Waals surface area contributed by atoms with Crippen molar-refractivity contribution in [2.45, 2.75) is 6.54 Å². The Labute approximate surface area is 160 Å². The number of carboxylic acid groups (broad SMARTS) is 1. The predicted octanol–water partition coefficient (Wildman–Crippen LogP) is 2.66. The van der Waals surface area contributed by atoms with E-state index >= 15 is 0 Å². The molecule has 2 rings (SSSR count). The van der Waals surface area contributed by atoms with E-state index in [9.17, 15) is 4.79 Å². The number of hydrazone groups is 1. The van der Waals surface area contributed by atoms with Gasteiger partial charge >= 0.3 is 5.97 Å². The number of aromatic hydroxyl groups is 1. The first kappa shape index (κ1) is 21.5. The van der Waals surface area contributed by atoms with E-state index in [0.29, 0.717) is 17.9 Å². The van der Waals surface area contributed by atoms with Gasteiger partial charge in [-0.05, 0) is 44.4 Å². The van der Waals surface area contributed by atoms with E-state index in [1.807, 2.05) is 31.1 Å². The number of phenols is 1. The highest BCUT2D eigenvalue weighted by Crippen LogP contribution is 2.24.